The first-order valence-electron chi connectivity index (χ1n) is 4.30. The van der Waals surface area contributed by atoms with Crippen LogP contribution in [0.15, 0.2) is 52.8 Å². The number of rotatable bonds is 2. The standard InChI is InChI=1S/C10H7N3O2/c14-9-6-7-10(15)13(9)12-11-8-4-2-1-3-5-8/h1-7H. The van der Waals surface area contributed by atoms with Gasteiger partial charge in [-0.05, 0) is 12.1 Å². The molecule has 0 aromatic heterocycles. The lowest BCUT2D eigenvalue weighted by molar-refractivity contribution is -0.137. The lowest BCUT2D eigenvalue weighted by atomic mass is 10.3. The molecule has 1 heterocycles. The molecule has 1 aliphatic rings. The molecule has 0 saturated heterocycles. The molecule has 0 bridgehead atoms. The average molecular weight is 201 g/mol. The molecule has 5 nitrogen and oxygen atoms in total. The summed E-state index contributed by atoms with van der Waals surface area (Å²) in [5.74, 6) is -0.945. The Morgan fingerprint density at radius 1 is 0.933 bits per heavy atom. The Bertz CT molecular complexity index is 433. The van der Waals surface area contributed by atoms with Gasteiger partial charge in [0.2, 0.25) is 0 Å². The van der Waals surface area contributed by atoms with Crippen molar-refractivity contribution in [2.45, 2.75) is 0 Å². The number of carbonyl (C=O) groups excluding carboxylic acids is 2. The molecule has 0 radical (unpaired) electrons. The van der Waals surface area contributed by atoms with Crippen LogP contribution in [0.4, 0.5) is 5.69 Å². The highest BCUT2D eigenvalue weighted by Crippen LogP contribution is 2.12. The number of imide groups is 1. The van der Waals surface area contributed by atoms with E-state index < -0.39 is 11.8 Å². The van der Waals surface area contributed by atoms with Crippen molar-refractivity contribution >= 4 is 17.5 Å². The van der Waals surface area contributed by atoms with Gasteiger partial charge in [0, 0.05) is 12.2 Å². The van der Waals surface area contributed by atoms with Crippen LogP contribution in [0.3, 0.4) is 0 Å². The summed E-state index contributed by atoms with van der Waals surface area (Å²) in [6.45, 7) is 0. The van der Waals surface area contributed by atoms with Crippen molar-refractivity contribution in [1.82, 2.24) is 5.01 Å². The quantitative estimate of drug-likeness (QED) is 0.539. The van der Waals surface area contributed by atoms with Gasteiger partial charge in [-0.1, -0.05) is 23.4 Å². The number of amides is 2. The molecule has 0 spiro atoms. The summed E-state index contributed by atoms with van der Waals surface area (Å²) < 4.78 is 0. The SMILES string of the molecule is O=C1C=CC(=O)N1N=Nc1ccccc1. The maximum atomic E-state index is 11.1. The Kier molecular flexibility index (Phi) is 2.37. The number of benzene rings is 1. The lowest BCUT2D eigenvalue weighted by Crippen LogP contribution is -2.23. The van der Waals surface area contributed by atoms with Crippen LogP contribution < -0.4 is 0 Å². The summed E-state index contributed by atoms with van der Waals surface area (Å²) in [6, 6.07) is 8.87. The Hall–Kier alpha value is -2.30. The first-order chi connectivity index (χ1) is 7.27. The summed E-state index contributed by atoms with van der Waals surface area (Å²) in [5.41, 5.74) is 0.588. The Balaban J connectivity index is 2.13. The Morgan fingerprint density at radius 3 is 2.13 bits per heavy atom. The minimum Gasteiger partial charge on any atom is -0.267 e. The highest BCUT2D eigenvalue weighted by Gasteiger charge is 2.23. The molecule has 1 aliphatic heterocycles. The molecule has 1 aromatic rings. The number of hydrogen-bond acceptors (Lipinski definition) is 4. The van der Waals surface area contributed by atoms with Crippen LogP contribution in [0, 0.1) is 0 Å². The third-order valence-electron chi connectivity index (χ3n) is 1.79. The molecule has 5 heteroatoms. The van der Waals surface area contributed by atoms with Gasteiger partial charge in [-0.25, -0.2) is 0 Å². The van der Waals surface area contributed by atoms with Crippen molar-refractivity contribution in [3.05, 3.63) is 42.5 Å². The molecule has 0 saturated carbocycles. The summed E-state index contributed by atoms with van der Waals surface area (Å²) in [5, 5.41) is 8.03. The molecular formula is C10H7N3O2. The molecule has 15 heavy (non-hydrogen) atoms. The van der Waals surface area contributed by atoms with Crippen molar-refractivity contribution < 1.29 is 9.59 Å². The predicted molar refractivity (Wildman–Crippen MR) is 52.0 cm³/mol. The van der Waals surface area contributed by atoms with E-state index in [4.69, 9.17) is 0 Å². The van der Waals surface area contributed by atoms with Crippen LogP contribution >= 0.6 is 0 Å². The van der Waals surface area contributed by atoms with E-state index in [0.717, 1.165) is 12.2 Å². The molecule has 1 aromatic carbocycles. The van der Waals surface area contributed by atoms with Gasteiger partial charge >= 0.3 is 0 Å². The van der Waals surface area contributed by atoms with E-state index in [1.54, 1.807) is 24.3 Å². The summed E-state index contributed by atoms with van der Waals surface area (Å²) in [4.78, 5) is 22.1. The molecule has 74 valence electrons. The van der Waals surface area contributed by atoms with E-state index in [9.17, 15) is 9.59 Å². The van der Waals surface area contributed by atoms with Crippen LogP contribution in [0.25, 0.3) is 0 Å². The number of nitrogens with zero attached hydrogens (tertiary/aromatic N) is 3. The van der Waals surface area contributed by atoms with Crippen LogP contribution in [-0.4, -0.2) is 16.8 Å². The van der Waals surface area contributed by atoms with Crippen molar-refractivity contribution in [2.24, 2.45) is 10.3 Å². The lowest BCUT2D eigenvalue weighted by Gasteiger charge is -2.02. The fraction of sp³-hybridized carbons (Fsp3) is 0. The molecule has 0 N–H and O–H groups in total. The van der Waals surface area contributed by atoms with E-state index >= 15 is 0 Å². The molecule has 2 rings (SSSR count). The second-order valence-electron chi connectivity index (χ2n) is 2.85. The highest BCUT2D eigenvalue weighted by molar-refractivity contribution is 6.12. The Labute approximate surface area is 85.7 Å². The molecular weight excluding hydrogens is 194 g/mol. The van der Waals surface area contributed by atoms with E-state index in [0.29, 0.717) is 10.7 Å². The second-order valence-corrected chi connectivity index (χ2v) is 2.85. The fourth-order valence-electron chi connectivity index (χ4n) is 1.07. The summed E-state index contributed by atoms with van der Waals surface area (Å²) in [7, 11) is 0. The minimum absolute atomic E-state index is 0.473. The molecule has 0 aliphatic carbocycles. The average Bonchev–Trinajstić information content (AvgIpc) is 2.58. The van der Waals surface area contributed by atoms with Gasteiger partial charge in [-0.15, -0.1) is 10.1 Å². The normalized spacial score (nSPS) is 15.6. The predicted octanol–water partition coefficient (Wildman–Crippen LogP) is 1.61. The summed E-state index contributed by atoms with van der Waals surface area (Å²) in [6.07, 6.45) is 2.32. The van der Waals surface area contributed by atoms with Crippen molar-refractivity contribution in [3.63, 3.8) is 0 Å². The smallest absolute Gasteiger partial charge is 0.267 e. The fourth-order valence-corrected chi connectivity index (χ4v) is 1.07. The minimum atomic E-state index is -0.473. The zero-order valence-electron chi connectivity index (χ0n) is 7.70. The zero-order valence-corrected chi connectivity index (χ0v) is 7.70. The van der Waals surface area contributed by atoms with E-state index in [1.807, 2.05) is 6.07 Å². The highest BCUT2D eigenvalue weighted by atomic mass is 16.2. The maximum Gasteiger partial charge on any atom is 0.275 e. The van der Waals surface area contributed by atoms with Crippen molar-refractivity contribution in [1.29, 1.82) is 0 Å². The molecule has 0 unspecified atom stereocenters. The summed E-state index contributed by atoms with van der Waals surface area (Å²) >= 11 is 0. The van der Waals surface area contributed by atoms with Gasteiger partial charge in [-0.3, -0.25) is 9.59 Å². The number of hydrogen-bond donors (Lipinski definition) is 0. The number of carbonyl (C=O) groups is 2. The van der Waals surface area contributed by atoms with Crippen molar-refractivity contribution in [2.75, 3.05) is 0 Å². The third kappa shape index (κ3) is 1.96. The van der Waals surface area contributed by atoms with Crippen LogP contribution in [-0.2, 0) is 9.59 Å². The van der Waals surface area contributed by atoms with Gasteiger partial charge in [0.1, 0.15) is 0 Å². The van der Waals surface area contributed by atoms with E-state index in [2.05, 4.69) is 10.3 Å². The first-order valence-corrected chi connectivity index (χ1v) is 4.30. The molecule has 0 atom stereocenters. The van der Waals surface area contributed by atoms with Gasteiger partial charge < -0.3 is 0 Å². The van der Waals surface area contributed by atoms with Gasteiger partial charge in [0.15, 0.2) is 0 Å². The van der Waals surface area contributed by atoms with E-state index in [-0.39, 0.29) is 0 Å². The van der Waals surface area contributed by atoms with E-state index in [1.165, 1.54) is 0 Å². The molecule has 2 amide bonds. The topological polar surface area (TPSA) is 62.1 Å². The zero-order chi connectivity index (χ0) is 10.7. The van der Waals surface area contributed by atoms with Gasteiger partial charge in [0.05, 0.1) is 5.69 Å². The Morgan fingerprint density at radius 2 is 1.53 bits per heavy atom. The monoisotopic (exact) mass is 201 g/mol. The maximum absolute atomic E-state index is 11.1. The second kappa shape index (κ2) is 3.83. The van der Waals surface area contributed by atoms with Crippen LogP contribution in [0.5, 0.6) is 0 Å². The first kappa shape index (κ1) is 9.26. The van der Waals surface area contributed by atoms with Crippen molar-refractivity contribution in [3.8, 4) is 0 Å². The molecule has 0 fully saturated rings. The van der Waals surface area contributed by atoms with Gasteiger partial charge in [0.25, 0.3) is 11.8 Å². The van der Waals surface area contributed by atoms with Gasteiger partial charge in [-0.2, -0.15) is 0 Å². The van der Waals surface area contributed by atoms with Crippen LogP contribution in [0.2, 0.25) is 0 Å². The largest absolute Gasteiger partial charge is 0.275 e. The third-order valence-corrected chi connectivity index (χ3v) is 1.79. The van der Waals surface area contributed by atoms with Crippen LogP contribution in [0.1, 0.15) is 0 Å².